The fraction of sp³-hybridized carbons (Fsp3) is 0.176. The number of aromatic nitrogens is 2. The van der Waals surface area contributed by atoms with Gasteiger partial charge in [-0.2, -0.15) is 5.10 Å². The van der Waals surface area contributed by atoms with Gasteiger partial charge < -0.3 is 5.32 Å². The molecule has 0 aliphatic rings. The molecule has 21 heavy (non-hydrogen) atoms. The van der Waals surface area contributed by atoms with Gasteiger partial charge in [0, 0.05) is 12.4 Å². The molecule has 0 unspecified atom stereocenters. The van der Waals surface area contributed by atoms with Gasteiger partial charge in [0.2, 0.25) is 5.91 Å². The van der Waals surface area contributed by atoms with E-state index in [1.54, 1.807) is 23.1 Å². The second-order valence-corrected chi connectivity index (χ2v) is 5.10. The Morgan fingerprint density at radius 1 is 1.19 bits per heavy atom. The normalized spacial score (nSPS) is 12.2. The Balaban J connectivity index is 1.71. The monoisotopic (exact) mass is 279 g/mol. The maximum Gasteiger partial charge on any atom is 0.242 e. The second-order valence-electron chi connectivity index (χ2n) is 5.10. The number of carbonyl (C=O) groups is 1. The molecule has 106 valence electrons. The molecule has 0 saturated heterocycles. The van der Waals surface area contributed by atoms with Gasteiger partial charge in [0.25, 0.3) is 0 Å². The minimum absolute atomic E-state index is 0.0299. The highest BCUT2D eigenvalue weighted by atomic mass is 16.2. The predicted molar refractivity (Wildman–Crippen MR) is 82.7 cm³/mol. The Morgan fingerprint density at radius 3 is 2.76 bits per heavy atom. The van der Waals surface area contributed by atoms with Crippen molar-refractivity contribution in [3.63, 3.8) is 0 Å². The van der Waals surface area contributed by atoms with E-state index in [4.69, 9.17) is 0 Å². The third-order valence-corrected chi connectivity index (χ3v) is 3.52. The maximum absolute atomic E-state index is 12.0. The van der Waals surface area contributed by atoms with E-state index in [9.17, 15) is 4.79 Å². The molecule has 4 nitrogen and oxygen atoms in total. The van der Waals surface area contributed by atoms with Crippen LogP contribution in [0.2, 0.25) is 0 Å². The van der Waals surface area contributed by atoms with Gasteiger partial charge in [-0.25, -0.2) is 0 Å². The van der Waals surface area contributed by atoms with Crippen molar-refractivity contribution in [2.24, 2.45) is 0 Å². The van der Waals surface area contributed by atoms with Gasteiger partial charge >= 0.3 is 0 Å². The molecule has 1 aromatic heterocycles. The zero-order chi connectivity index (χ0) is 14.7. The first-order valence-corrected chi connectivity index (χ1v) is 6.98. The first-order chi connectivity index (χ1) is 10.2. The van der Waals surface area contributed by atoms with Crippen LogP contribution < -0.4 is 5.32 Å². The maximum atomic E-state index is 12.0. The second kappa shape index (κ2) is 5.79. The van der Waals surface area contributed by atoms with Gasteiger partial charge in [0.1, 0.15) is 6.54 Å². The van der Waals surface area contributed by atoms with Crippen LogP contribution in [0.25, 0.3) is 10.8 Å². The van der Waals surface area contributed by atoms with Crippen LogP contribution in [0.1, 0.15) is 18.5 Å². The molecule has 1 heterocycles. The number of carbonyl (C=O) groups excluding carboxylic acids is 1. The van der Waals surface area contributed by atoms with Crippen molar-refractivity contribution in [3.05, 3.63) is 66.5 Å². The summed E-state index contributed by atoms with van der Waals surface area (Å²) in [6, 6.07) is 16.2. The summed E-state index contributed by atoms with van der Waals surface area (Å²) < 4.78 is 1.61. The summed E-state index contributed by atoms with van der Waals surface area (Å²) in [5.74, 6) is -0.0423. The summed E-state index contributed by atoms with van der Waals surface area (Å²) in [5.41, 5.74) is 1.10. The van der Waals surface area contributed by atoms with E-state index in [-0.39, 0.29) is 18.5 Å². The van der Waals surface area contributed by atoms with E-state index in [0.29, 0.717) is 0 Å². The molecule has 2 aromatic carbocycles. The number of fused-ring (bicyclic) bond motifs is 1. The van der Waals surface area contributed by atoms with Gasteiger partial charge in [-0.1, -0.05) is 36.4 Å². The summed E-state index contributed by atoms with van der Waals surface area (Å²) in [7, 11) is 0. The zero-order valence-corrected chi connectivity index (χ0v) is 11.9. The standard InChI is InChI=1S/C17H17N3O/c1-13(19-17(21)12-20-10-4-9-18-20)15-8-7-14-5-2-3-6-16(14)11-15/h2-11,13H,12H2,1H3,(H,19,21)/t13-/m0/s1. The van der Waals surface area contributed by atoms with Crippen LogP contribution in [0.3, 0.4) is 0 Å². The molecule has 0 saturated carbocycles. The molecule has 3 rings (SSSR count). The van der Waals surface area contributed by atoms with E-state index in [1.807, 2.05) is 19.1 Å². The summed E-state index contributed by atoms with van der Waals surface area (Å²) in [5, 5.41) is 9.42. The lowest BCUT2D eigenvalue weighted by Gasteiger charge is -2.15. The van der Waals surface area contributed by atoms with Crippen molar-refractivity contribution >= 4 is 16.7 Å². The van der Waals surface area contributed by atoms with Crippen molar-refractivity contribution in [1.29, 1.82) is 0 Å². The Kier molecular flexibility index (Phi) is 3.69. The quantitative estimate of drug-likeness (QED) is 0.798. The number of rotatable bonds is 4. The van der Waals surface area contributed by atoms with Gasteiger partial charge in [0.05, 0.1) is 6.04 Å². The number of benzene rings is 2. The highest BCUT2D eigenvalue weighted by molar-refractivity contribution is 5.83. The highest BCUT2D eigenvalue weighted by Gasteiger charge is 2.10. The van der Waals surface area contributed by atoms with Gasteiger partial charge in [-0.15, -0.1) is 0 Å². The van der Waals surface area contributed by atoms with Crippen LogP contribution in [-0.4, -0.2) is 15.7 Å². The zero-order valence-electron chi connectivity index (χ0n) is 11.9. The Morgan fingerprint density at radius 2 is 2.00 bits per heavy atom. The Labute approximate surface area is 123 Å². The van der Waals surface area contributed by atoms with E-state index in [0.717, 1.165) is 5.56 Å². The molecule has 0 spiro atoms. The third kappa shape index (κ3) is 3.11. The number of nitrogens with one attached hydrogen (secondary N) is 1. The van der Waals surface area contributed by atoms with Crippen LogP contribution in [0, 0.1) is 0 Å². The lowest BCUT2D eigenvalue weighted by Crippen LogP contribution is -2.30. The fourth-order valence-electron chi connectivity index (χ4n) is 2.39. The number of hydrogen-bond acceptors (Lipinski definition) is 2. The van der Waals surface area contributed by atoms with Crippen LogP contribution in [0.4, 0.5) is 0 Å². The minimum Gasteiger partial charge on any atom is -0.348 e. The average molecular weight is 279 g/mol. The molecule has 0 radical (unpaired) electrons. The van der Waals surface area contributed by atoms with E-state index in [1.165, 1.54) is 10.8 Å². The topological polar surface area (TPSA) is 46.9 Å². The number of hydrogen-bond donors (Lipinski definition) is 1. The van der Waals surface area contributed by atoms with E-state index < -0.39 is 0 Å². The molecule has 0 fully saturated rings. The summed E-state index contributed by atoms with van der Waals surface area (Å²) in [4.78, 5) is 12.0. The van der Waals surface area contributed by atoms with Crippen LogP contribution in [-0.2, 0) is 11.3 Å². The average Bonchev–Trinajstić information content (AvgIpc) is 2.99. The minimum atomic E-state index is -0.0423. The van der Waals surface area contributed by atoms with Crippen LogP contribution in [0.5, 0.6) is 0 Å². The summed E-state index contributed by atoms with van der Waals surface area (Å²) in [6.45, 7) is 2.23. The molecule has 4 heteroatoms. The lowest BCUT2D eigenvalue weighted by molar-refractivity contribution is -0.122. The molecule has 0 aliphatic carbocycles. The molecule has 1 amide bonds. The lowest BCUT2D eigenvalue weighted by atomic mass is 10.0. The van der Waals surface area contributed by atoms with Crippen molar-refractivity contribution < 1.29 is 4.79 Å². The molecule has 1 atom stereocenters. The first-order valence-electron chi connectivity index (χ1n) is 6.98. The molecule has 1 N–H and O–H groups in total. The van der Waals surface area contributed by atoms with Crippen molar-refractivity contribution in [2.75, 3.05) is 0 Å². The van der Waals surface area contributed by atoms with E-state index >= 15 is 0 Å². The third-order valence-electron chi connectivity index (χ3n) is 3.52. The molecular formula is C17H17N3O. The number of amides is 1. The SMILES string of the molecule is C[C@H](NC(=O)Cn1cccn1)c1ccc2ccccc2c1. The van der Waals surface area contributed by atoms with Crippen molar-refractivity contribution in [2.45, 2.75) is 19.5 Å². The summed E-state index contributed by atoms with van der Waals surface area (Å²) >= 11 is 0. The molecule has 0 bridgehead atoms. The molecular weight excluding hydrogens is 262 g/mol. The van der Waals surface area contributed by atoms with Crippen LogP contribution in [0.15, 0.2) is 60.9 Å². The first kappa shape index (κ1) is 13.4. The van der Waals surface area contributed by atoms with Crippen molar-refractivity contribution in [3.8, 4) is 0 Å². The van der Waals surface area contributed by atoms with Gasteiger partial charge in [-0.3, -0.25) is 9.48 Å². The Bertz CT molecular complexity index is 750. The predicted octanol–water partition coefficient (Wildman–Crippen LogP) is 2.91. The van der Waals surface area contributed by atoms with E-state index in [2.05, 4.69) is 40.7 Å². The van der Waals surface area contributed by atoms with Crippen LogP contribution >= 0.6 is 0 Å². The largest absolute Gasteiger partial charge is 0.348 e. The fourth-order valence-corrected chi connectivity index (χ4v) is 2.39. The highest BCUT2D eigenvalue weighted by Crippen LogP contribution is 2.20. The Hall–Kier alpha value is -2.62. The summed E-state index contributed by atoms with van der Waals surface area (Å²) in [6.07, 6.45) is 3.44. The van der Waals surface area contributed by atoms with Gasteiger partial charge in [0.15, 0.2) is 0 Å². The van der Waals surface area contributed by atoms with Crippen molar-refractivity contribution in [1.82, 2.24) is 15.1 Å². The number of nitrogens with zero attached hydrogens (tertiary/aromatic N) is 2. The smallest absolute Gasteiger partial charge is 0.242 e. The molecule has 3 aromatic rings. The van der Waals surface area contributed by atoms with Gasteiger partial charge in [-0.05, 0) is 35.4 Å². The molecule has 0 aliphatic heterocycles.